The summed E-state index contributed by atoms with van der Waals surface area (Å²) in [5.74, 6) is -1.77. The fourth-order valence-electron chi connectivity index (χ4n) is 6.13. The molecule has 0 rings (SSSR count). The van der Waals surface area contributed by atoms with Gasteiger partial charge in [-0.3, -0.25) is 18.6 Å². The van der Waals surface area contributed by atoms with E-state index < -0.39 is 45.1 Å². The van der Waals surface area contributed by atoms with Crippen LogP contribution in [-0.2, 0) is 32.7 Å². The number of hydrogen-bond donors (Lipinski definition) is 3. The molecule has 10 nitrogen and oxygen atoms in total. The van der Waals surface area contributed by atoms with Gasteiger partial charge in [-0.05, 0) is 38.5 Å². The number of unbranched alkanes of at least 4 members (excludes halogenated alkanes) is 26. The summed E-state index contributed by atoms with van der Waals surface area (Å²) in [5, 5.41) is 8.88. The molecule has 314 valence electrons. The van der Waals surface area contributed by atoms with Gasteiger partial charge < -0.3 is 25.2 Å². The van der Waals surface area contributed by atoms with Gasteiger partial charge >= 0.3 is 19.8 Å². The molecule has 0 saturated carbocycles. The second kappa shape index (κ2) is 39.0. The van der Waals surface area contributed by atoms with E-state index in [9.17, 15) is 19.0 Å². The minimum Gasteiger partial charge on any atom is -0.480 e. The molecule has 3 atom stereocenters. The molecule has 0 amide bonds. The number of phosphoric acid groups is 1. The average Bonchev–Trinajstić information content (AvgIpc) is 3.13. The highest BCUT2D eigenvalue weighted by Crippen LogP contribution is 2.43. The Bertz CT molecular complexity index is 904. The Morgan fingerprint density at radius 3 is 1.43 bits per heavy atom. The molecule has 53 heavy (non-hydrogen) atoms. The van der Waals surface area contributed by atoms with E-state index in [1.807, 2.05) is 0 Å². The zero-order valence-electron chi connectivity index (χ0n) is 34.1. The highest BCUT2D eigenvalue weighted by molar-refractivity contribution is 7.47. The van der Waals surface area contributed by atoms with Crippen LogP contribution in [-0.4, -0.2) is 60.5 Å². The summed E-state index contributed by atoms with van der Waals surface area (Å²) < 4.78 is 33.3. The Kier molecular flexibility index (Phi) is 38.0. The second-order valence-corrected chi connectivity index (χ2v) is 16.3. The molecule has 0 aromatic rings. The summed E-state index contributed by atoms with van der Waals surface area (Å²) in [6.07, 6.45) is 39.7. The van der Waals surface area contributed by atoms with E-state index >= 15 is 0 Å². The molecule has 0 aliphatic heterocycles. The third-order valence-electron chi connectivity index (χ3n) is 9.54. The molecule has 0 heterocycles. The monoisotopic (exact) mass is 776 g/mol. The number of rotatable bonds is 42. The van der Waals surface area contributed by atoms with Crippen molar-refractivity contribution in [2.75, 3.05) is 26.4 Å². The third-order valence-corrected chi connectivity index (χ3v) is 10.5. The smallest absolute Gasteiger partial charge is 0.472 e. The molecule has 0 bridgehead atoms. The topological polar surface area (TPSA) is 155 Å². The molecule has 0 spiro atoms. The summed E-state index contributed by atoms with van der Waals surface area (Å²) in [6.45, 7) is 3.90. The normalized spacial score (nSPS) is 14.0. The number of aliphatic carboxylic acids is 1. The van der Waals surface area contributed by atoms with Crippen LogP contribution in [0.3, 0.4) is 0 Å². The largest absolute Gasteiger partial charge is 0.480 e. The first-order valence-electron chi connectivity index (χ1n) is 21.7. The maximum absolute atomic E-state index is 12.6. The molecule has 0 aromatic heterocycles. The molecule has 11 heteroatoms. The van der Waals surface area contributed by atoms with Gasteiger partial charge in [0.15, 0.2) is 0 Å². The Morgan fingerprint density at radius 1 is 0.585 bits per heavy atom. The number of hydrogen-bond acceptors (Lipinski definition) is 8. The fraction of sp³-hybridized carbons (Fsp3) is 0.905. The van der Waals surface area contributed by atoms with Crippen molar-refractivity contribution < 1.29 is 42.7 Å². The van der Waals surface area contributed by atoms with Crippen molar-refractivity contribution in [3.05, 3.63) is 12.2 Å². The predicted octanol–water partition coefficient (Wildman–Crippen LogP) is 11.8. The first-order valence-corrected chi connectivity index (χ1v) is 23.2. The van der Waals surface area contributed by atoms with Gasteiger partial charge in [-0.1, -0.05) is 174 Å². The van der Waals surface area contributed by atoms with Crippen molar-refractivity contribution in [1.82, 2.24) is 0 Å². The van der Waals surface area contributed by atoms with Gasteiger partial charge in [-0.25, -0.2) is 4.57 Å². The summed E-state index contributed by atoms with van der Waals surface area (Å²) in [4.78, 5) is 33.5. The maximum Gasteiger partial charge on any atom is 0.472 e. The number of nitrogens with two attached hydrogens (primary N) is 1. The van der Waals surface area contributed by atoms with Crippen LogP contribution in [0.1, 0.15) is 206 Å². The average molecular weight is 776 g/mol. The Morgan fingerprint density at radius 2 is 0.981 bits per heavy atom. The molecule has 3 unspecified atom stereocenters. The summed E-state index contributed by atoms with van der Waals surface area (Å²) in [5.41, 5.74) is 5.35. The maximum atomic E-state index is 12.6. The molecule has 0 aromatic carbocycles. The van der Waals surface area contributed by atoms with Gasteiger partial charge in [0.1, 0.15) is 12.1 Å². The van der Waals surface area contributed by atoms with Crippen molar-refractivity contribution in [2.24, 2.45) is 5.73 Å². The summed E-state index contributed by atoms with van der Waals surface area (Å²) in [7, 11) is -4.61. The SMILES string of the molecule is CCCCCCCC/C=C\CCCCCCCCCCCC(=O)OC(COCCCCCCCCCCCCCC)COP(=O)(O)OCC(N)C(=O)O. The Hall–Kier alpha value is -1.29. The van der Waals surface area contributed by atoms with Gasteiger partial charge in [0.2, 0.25) is 0 Å². The Balaban J connectivity index is 4.18. The lowest BCUT2D eigenvalue weighted by Crippen LogP contribution is -2.34. The van der Waals surface area contributed by atoms with Crippen LogP contribution in [0.15, 0.2) is 12.2 Å². The van der Waals surface area contributed by atoms with E-state index in [0.717, 1.165) is 38.5 Å². The van der Waals surface area contributed by atoms with Crippen LogP contribution in [0.25, 0.3) is 0 Å². The number of carboxylic acids is 1. The minimum absolute atomic E-state index is 0.0217. The molecule has 0 aliphatic carbocycles. The number of carbonyl (C=O) groups excluding carboxylic acids is 1. The van der Waals surface area contributed by atoms with E-state index in [0.29, 0.717) is 13.0 Å². The van der Waals surface area contributed by atoms with Crippen molar-refractivity contribution in [3.8, 4) is 0 Å². The lowest BCUT2D eigenvalue weighted by atomic mass is 10.1. The molecular formula is C42H82NO9P. The highest BCUT2D eigenvalue weighted by atomic mass is 31.2. The van der Waals surface area contributed by atoms with E-state index in [2.05, 4.69) is 26.0 Å². The van der Waals surface area contributed by atoms with Crippen LogP contribution in [0.5, 0.6) is 0 Å². The van der Waals surface area contributed by atoms with Crippen LogP contribution < -0.4 is 5.73 Å². The number of esters is 1. The van der Waals surface area contributed by atoms with Gasteiger partial charge in [0.05, 0.1) is 19.8 Å². The Labute approximate surface area is 324 Å². The van der Waals surface area contributed by atoms with Gasteiger partial charge in [0, 0.05) is 13.0 Å². The third kappa shape index (κ3) is 38.8. The van der Waals surface area contributed by atoms with Crippen molar-refractivity contribution in [1.29, 1.82) is 0 Å². The molecule has 0 fully saturated rings. The second-order valence-electron chi connectivity index (χ2n) is 14.8. The summed E-state index contributed by atoms with van der Waals surface area (Å²) in [6, 6.07) is -1.47. The zero-order chi connectivity index (χ0) is 39.1. The van der Waals surface area contributed by atoms with Gasteiger partial charge in [-0.2, -0.15) is 0 Å². The molecule has 0 aliphatic rings. The molecule has 4 N–H and O–H groups in total. The van der Waals surface area contributed by atoms with Crippen molar-refractivity contribution >= 4 is 19.8 Å². The van der Waals surface area contributed by atoms with Crippen LogP contribution in [0.4, 0.5) is 0 Å². The van der Waals surface area contributed by atoms with E-state index in [-0.39, 0.29) is 13.0 Å². The van der Waals surface area contributed by atoms with E-state index in [4.69, 9.17) is 29.4 Å². The molecular weight excluding hydrogens is 693 g/mol. The molecule has 0 saturated heterocycles. The van der Waals surface area contributed by atoms with Crippen molar-refractivity contribution in [2.45, 2.75) is 219 Å². The standard InChI is InChI=1S/C42H82NO9P/c1-3-5-7-9-11-13-15-17-18-19-20-21-22-23-24-26-28-30-32-34-41(44)52-39(37-50-53(47,48)51-38-40(43)42(45)46)36-49-35-33-31-29-27-25-16-14-12-10-8-6-4-2/h17-18,39-40H,3-16,19-38,43H2,1-2H3,(H,45,46)(H,47,48)/b18-17-. The predicted molar refractivity (Wildman–Crippen MR) is 217 cm³/mol. The molecule has 0 radical (unpaired) electrons. The summed E-state index contributed by atoms with van der Waals surface area (Å²) >= 11 is 0. The van der Waals surface area contributed by atoms with E-state index in [1.165, 1.54) is 141 Å². The number of carboxylic acid groups (broad SMARTS) is 1. The van der Waals surface area contributed by atoms with Gasteiger partial charge in [0.25, 0.3) is 0 Å². The fourth-order valence-corrected chi connectivity index (χ4v) is 6.91. The lowest BCUT2D eigenvalue weighted by Gasteiger charge is -2.20. The van der Waals surface area contributed by atoms with Crippen molar-refractivity contribution in [3.63, 3.8) is 0 Å². The van der Waals surface area contributed by atoms with Crippen LogP contribution in [0, 0.1) is 0 Å². The van der Waals surface area contributed by atoms with Gasteiger partial charge in [-0.15, -0.1) is 0 Å². The first-order chi connectivity index (χ1) is 25.7. The highest BCUT2D eigenvalue weighted by Gasteiger charge is 2.27. The quantitative estimate of drug-likeness (QED) is 0.0236. The number of phosphoric ester groups is 1. The van der Waals surface area contributed by atoms with E-state index in [1.54, 1.807) is 0 Å². The number of allylic oxidation sites excluding steroid dienone is 2. The first kappa shape index (κ1) is 51.7. The van der Waals surface area contributed by atoms with Crippen LogP contribution >= 0.6 is 7.82 Å². The number of ether oxygens (including phenoxy) is 2. The lowest BCUT2D eigenvalue weighted by molar-refractivity contribution is -0.154. The zero-order valence-corrected chi connectivity index (χ0v) is 35.0. The number of carbonyl (C=O) groups is 2. The minimum atomic E-state index is -4.61. The van der Waals surface area contributed by atoms with Crippen LogP contribution in [0.2, 0.25) is 0 Å².